The Hall–Kier alpha value is -2.30. The van der Waals surface area contributed by atoms with E-state index < -0.39 is 5.97 Å². The first-order chi connectivity index (χ1) is 8.54. The number of imidazole rings is 1. The topological polar surface area (TPSA) is 64.4 Å². The zero-order valence-electron chi connectivity index (χ0n) is 10.5. The van der Waals surface area contributed by atoms with E-state index in [-0.39, 0.29) is 5.69 Å². The van der Waals surface area contributed by atoms with E-state index in [0.29, 0.717) is 17.3 Å². The summed E-state index contributed by atoms with van der Waals surface area (Å²) in [6, 6.07) is 7.20. The van der Waals surface area contributed by atoms with Gasteiger partial charge in [-0.2, -0.15) is 0 Å². The van der Waals surface area contributed by atoms with Crippen molar-refractivity contribution in [2.75, 3.05) is 7.11 Å². The molecule has 1 aromatic heterocycles. The highest BCUT2D eigenvalue weighted by atomic mass is 16.5. The van der Waals surface area contributed by atoms with Crippen molar-refractivity contribution in [2.45, 2.75) is 6.92 Å². The van der Waals surface area contributed by atoms with E-state index in [4.69, 9.17) is 4.74 Å². The van der Waals surface area contributed by atoms with Crippen LogP contribution in [0.3, 0.4) is 0 Å². The summed E-state index contributed by atoms with van der Waals surface area (Å²) in [5, 5.41) is 9.26. The Balaban J connectivity index is 2.63. The van der Waals surface area contributed by atoms with Gasteiger partial charge in [0.25, 0.3) is 0 Å². The van der Waals surface area contributed by atoms with Crippen LogP contribution in [0.5, 0.6) is 5.75 Å². The van der Waals surface area contributed by atoms with Crippen molar-refractivity contribution in [2.24, 2.45) is 7.05 Å². The van der Waals surface area contributed by atoms with Crippen molar-refractivity contribution in [3.05, 3.63) is 35.8 Å². The van der Waals surface area contributed by atoms with Gasteiger partial charge in [0.1, 0.15) is 17.3 Å². The number of aromatic carboxylic acids is 1. The molecule has 0 bridgehead atoms. The van der Waals surface area contributed by atoms with Crippen LogP contribution in [-0.4, -0.2) is 27.7 Å². The number of carboxylic acid groups (broad SMARTS) is 1. The molecule has 5 heteroatoms. The van der Waals surface area contributed by atoms with Gasteiger partial charge in [-0.3, -0.25) is 0 Å². The minimum atomic E-state index is -0.990. The summed E-state index contributed by atoms with van der Waals surface area (Å²) < 4.78 is 6.70. The van der Waals surface area contributed by atoms with E-state index in [1.54, 1.807) is 37.8 Å². The van der Waals surface area contributed by atoms with Crippen molar-refractivity contribution in [3.63, 3.8) is 0 Å². The SMILES string of the molecule is COc1cccc(-c2nc(C)n(C)c2C(=O)O)c1. The van der Waals surface area contributed by atoms with E-state index >= 15 is 0 Å². The van der Waals surface area contributed by atoms with Crippen molar-refractivity contribution >= 4 is 5.97 Å². The summed E-state index contributed by atoms with van der Waals surface area (Å²) in [6.45, 7) is 1.77. The Kier molecular flexibility index (Phi) is 3.06. The average molecular weight is 246 g/mol. The quantitative estimate of drug-likeness (QED) is 0.900. The van der Waals surface area contributed by atoms with Gasteiger partial charge in [0, 0.05) is 12.6 Å². The zero-order chi connectivity index (χ0) is 13.3. The summed E-state index contributed by atoms with van der Waals surface area (Å²) in [5.74, 6) is 0.341. The van der Waals surface area contributed by atoms with Crippen LogP contribution in [0, 0.1) is 6.92 Å². The highest BCUT2D eigenvalue weighted by Crippen LogP contribution is 2.26. The molecule has 2 rings (SSSR count). The normalized spacial score (nSPS) is 10.4. The summed E-state index contributed by atoms with van der Waals surface area (Å²) in [4.78, 5) is 15.6. The smallest absolute Gasteiger partial charge is 0.354 e. The van der Waals surface area contributed by atoms with Crippen LogP contribution in [0.2, 0.25) is 0 Å². The largest absolute Gasteiger partial charge is 0.497 e. The highest BCUT2D eigenvalue weighted by Gasteiger charge is 2.20. The minimum absolute atomic E-state index is 0.181. The van der Waals surface area contributed by atoms with Crippen LogP contribution in [0.15, 0.2) is 24.3 Å². The number of carbonyl (C=O) groups is 1. The number of benzene rings is 1. The van der Waals surface area contributed by atoms with Crippen LogP contribution < -0.4 is 4.74 Å². The van der Waals surface area contributed by atoms with Crippen molar-refractivity contribution in [3.8, 4) is 17.0 Å². The number of rotatable bonds is 3. The van der Waals surface area contributed by atoms with E-state index in [2.05, 4.69) is 4.98 Å². The van der Waals surface area contributed by atoms with E-state index in [1.807, 2.05) is 12.1 Å². The van der Waals surface area contributed by atoms with Gasteiger partial charge in [-0.15, -0.1) is 0 Å². The van der Waals surface area contributed by atoms with Gasteiger partial charge in [-0.05, 0) is 19.1 Å². The molecule has 1 heterocycles. The third-order valence-electron chi connectivity index (χ3n) is 2.86. The summed E-state index contributed by atoms with van der Waals surface area (Å²) >= 11 is 0. The summed E-state index contributed by atoms with van der Waals surface area (Å²) in [5.41, 5.74) is 1.37. The molecule has 0 atom stereocenters. The Morgan fingerprint density at radius 1 is 1.44 bits per heavy atom. The van der Waals surface area contributed by atoms with Gasteiger partial charge < -0.3 is 14.4 Å². The number of nitrogens with zero attached hydrogens (tertiary/aromatic N) is 2. The minimum Gasteiger partial charge on any atom is -0.497 e. The second-order valence-electron chi connectivity index (χ2n) is 3.95. The standard InChI is InChI=1S/C13H14N2O3/c1-8-14-11(12(13(16)17)15(8)2)9-5-4-6-10(7-9)18-3/h4-7H,1-3H3,(H,16,17). The molecular weight excluding hydrogens is 232 g/mol. The summed E-state index contributed by atoms with van der Waals surface area (Å²) in [7, 11) is 3.26. The second-order valence-corrected chi connectivity index (χ2v) is 3.95. The molecular formula is C13H14N2O3. The lowest BCUT2D eigenvalue weighted by Gasteiger charge is -2.04. The van der Waals surface area contributed by atoms with Crippen LogP contribution >= 0.6 is 0 Å². The molecule has 0 fully saturated rings. The lowest BCUT2D eigenvalue weighted by atomic mass is 10.1. The first-order valence-corrected chi connectivity index (χ1v) is 5.45. The van der Waals surface area contributed by atoms with Crippen molar-refractivity contribution in [1.29, 1.82) is 0 Å². The molecule has 18 heavy (non-hydrogen) atoms. The first-order valence-electron chi connectivity index (χ1n) is 5.45. The van der Waals surface area contributed by atoms with E-state index in [1.165, 1.54) is 0 Å². The Bertz CT molecular complexity index is 602. The van der Waals surface area contributed by atoms with E-state index in [0.717, 1.165) is 5.56 Å². The molecule has 0 saturated heterocycles. The molecule has 0 spiro atoms. The van der Waals surface area contributed by atoms with Gasteiger partial charge in [0.2, 0.25) is 0 Å². The Morgan fingerprint density at radius 2 is 2.17 bits per heavy atom. The molecule has 2 aromatic rings. The maximum absolute atomic E-state index is 11.3. The molecule has 0 unspecified atom stereocenters. The van der Waals surface area contributed by atoms with Crippen LogP contribution in [0.4, 0.5) is 0 Å². The van der Waals surface area contributed by atoms with E-state index in [9.17, 15) is 9.90 Å². The van der Waals surface area contributed by atoms with Gasteiger partial charge >= 0.3 is 5.97 Å². The Morgan fingerprint density at radius 3 is 2.78 bits per heavy atom. The predicted molar refractivity (Wildman–Crippen MR) is 66.9 cm³/mol. The van der Waals surface area contributed by atoms with Gasteiger partial charge in [-0.25, -0.2) is 9.78 Å². The zero-order valence-corrected chi connectivity index (χ0v) is 10.5. The molecule has 1 aromatic carbocycles. The second kappa shape index (κ2) is 4.52. The number of hydrogen-bond donors (Lipinski definition) is 1. The third kappa shape index (κ3) is 1.95. The number of hydrogen-bond acceptors (Lipinski definition) is 3. The van der Waals surface area contributed by atoms with Gasteiger partial charge in [-0.1, -0.05) is 12.1 Å². The molecule has 0 aliphatic carbocycles. The molecule has 0 radical (unpaired) electrons. The molecule has 5 nitrogen and oxygen atoms in total. The first kappa shape index (κ1) is 12.2. The molecule has 0 amide bonds. The number of ether oxygens (including phenoxy) is 1. The monoisotopic (exact) mass is 246 g/mol. The molecule has 0 aliphatic heterocycles. The molecule has 1 N–H and O–H groups in total. The fourth-order valence-corrected chi connectivity index (χ4v) is 1.83. The fourth-order valence-electron chi connectivity index (χ4n) is 1.83. The number of aryl methyl sites for hydroxylation is 1. The van der Waals surface area contributed by atoms with Crippen molar-refractivity contribution < 1.29 is 14.6 Å². The van der Waals surface area contributed by atoms with Crippen LogP contribution in [0.1, 0.15) is 16.3 Å². The predicted octanol–water partition coefficient (Wildman–Crippen LogP) is 2.10. The van der Waals surface area contributed by atoms with Crippen LogP contribution in [0.25, 0.3) is 11.3 Å². The number of aromatic nitrogens is 2. The number of carboxylic acids is 1. The third-order valence-corrected chi connectivity index (χ3v) is 2.86. The molecule has 0 aliphatic rings. The van der Waals surface area contributed by atoms with Crippen LogP contribution in [-0.2, 0) is 7.05 Å². The van der Waals surface area contributed by atoms with Crippen molar-refractivity contribution in [1.82, 2.24) is 9.55 Å². The maximum Gasteiger partial charge on any atom is 0.354 e. The molecule has 94 valence electrons. The average Bonchev–Trinajstić information content (AvgIpc) is 2.66. The van der Waals surface area contributed by atoms with Gasteiger partial charge in [0.05, 0.1) is 7.11 Å². The maximum atomic E-state index is 11.3. The number of methoxy groups -OCH3 is 1. The Labute approximate surface area is 105 Å². The summed E-state index contributed by atoms with van der Waals surface area (Å²) in [6.07, 6.45) is 0. The fraction of sp³-hybridized carbons (Fsp3) is 0.231. The molecule has 0 saturated carbocycles. The lowest BCUT2D eigenvalue weighted by Crippen LogP contribution is -2.06. The lowest BCUT2D eigenvalue weighted by molar-refractivity contribution is 0.0687. The van der Waals surface area contributed by atoms with Gasteiger partial charge in [0.15, 0.2) is 5.69 Å². The highest BCUT2D eigenvalue weighted by molar-refractivity contribution is 5.93.